The Morgan fingerprint density at radius 3 is 2.30 bits per heavy atom. The molecule has 0 radical (unpaired) electrons. The van der Waals surface area contributed by atoms with Gasteiger partial charge in [0.2, 0.25) is 0 Å². The smallest absolute Gasteiger partial charge is 0.196 e. The standard InChI is InChI=1S/C7H10O3/c1-3-6(9)7(10)4-5(2)8/h4,10H,3H2,1-2H3. The second kappa shape index (κ2) is 3.82. The maximum Gasteiger partial charge on any atom is 0.196 e. The molecule has 0 bridgehead atoms. The molecular weight excluding hydrogens is 132 g/mol. The third kappa shape index (κ3) is 3.02. The topological polar surface area (TPSA) is 54.4 Å². The number of aliphatic hydroxyl groups is 1. The molecule has 0 saturated heterocycles. The van der Waals surface area contributed by atoms with Gasteiger partial charge in [-0.25, -0.2) is 0 Å². The van der Waals surface area contributed by atoms with E-state index >= 15 is 0 Å². The third-order valence-electron chi connectivity index (χ3n) is 0.947. The van der Waals surface area contributed by atoms with Crippen LogP contribution in [0.3, 0.4) is 0 Å². The van der Waals surface area contributed by atoms with Crippen LogP contribution < -0.4 is 0 Å². The summed E-state index contributed by atoms with van der Waals surface area (Å²) in [5.41, 5.74) is 0. The van der Waals surface area contributed by atoms with E-state index in [9.17, 15) is 9.59 Å². The molecule has 0 aliphatic heterocycles. The number of hydrogen-bond donors (Lipinski definition) is 1. The van der Waals surface area contributed by atoms with Crippen molar-refractivity contribution < 1.29 is 14.7 Å². The molecule has 0 atom stereocenters. The first-order chi connectivity index (χ1) is 4.57. The van der Waals surface area contributed by atoms with Crippen LogP contribution in [0.4, 0.5) is 0 Å². The maximum atomic E-state index is 10.6. The van der Waals surface area contributed by atoms with Crippen molar-refractivity contribution in [3.05, 3.63) is 11.8 Å². The zero-order valence-corrected chi connectivity index (χ0v) is 6.05. The summed E-state index contributed by atoms with van der Waals surface area (Å²) < 4.78 is 0. The summed E-state index contributed by atoms with van der Waals surface area (Å²) in [6.45, 7) is 2.89. The fourth-order valence-electron chi connectivity index (χ4n) is 0.454. The van der Waals surface area contributed by atoms with E-state index < -0.39 is 11.5 Å². The summed E-state index contributed by atoms with van der Waals surface area (Å²) in [4.78, 5) is 20.9. The molecule has 1 N–H and O–H groups in total. The quantitative estimate of drug-likeness (QED) is 0.472. The van der Waals surface area contributed by atoms with Crippen LogP contribution in [0, 0.1) is 0 Å². The Kier molecular flexibility index (Phi) is 3.39. The van der Waals surface area contributed by atoms with Crippen molar-refractivity contribution in [2.45, 2.75) is 20.3 Å². The number of carbonyl (C=O) groups excluding carboxylic acids is 2. The highest BCUT2D eigenvalue weighted by atomic mass is 16.3. The Balaban J connectivity index is 4.19. The van der Waals surface area contributed by atoms with E-state index in [0.29, 0.717) is 0 Å². The molecule has 0 aromatic carbocycles. The number of ketones is 2. The van der Waals surface area contributed by atoms with Crippen molar-refractivity contribution in [1.29, 1.82) is 0 Å². The van der Waals surface area contributed by atoms with Crippen molar-refractivity contribution in [3.63, 3.8) is 0 Å². The highest BCUT2D eigenvalue weighted by Gasteiger charge is 2.03. The molecule has 0 unspecified atom stereocenters. The molecule has 56 valence electrons. The lowest BCUT2D eigenvalue weighted by molar-refractivity contribution is -0.118. The van der Waals surface area contributed by atoms with Crippen molar-refractivity contribution >= 4 is 11.6 Å². The van der Waals surface area contributed by atoms with Crippen LogP contribution in [-0.4, -0.2) is 16.7 Å². The predicted molar refractivity (Wildman–Crippen MR) is 36.7 cm³/mol. The highest BCUT2D eigenvalue weighted by Crippen LogP contribution is 1.94. The molecule has 0 aromatic rings. The average Bonchev–Trinajstić information content (AvgIpc) is 1.85. The van der Waals surface area contributed by atoms with Crippen LogP contribution in [0.2, 0.25) is 0 Å². The molecule has 0 heterocycles. The van der Waals surface area contributed by atoms with Gasteiger partial charge in [0.15, 0.2) is 17.3 Å². The number of Topliss-reactive ketones (excluding diaryl/α,β-unsaturated/α-hetero) is 1. The fraction of sp³-hybridized carbons (Fsp3) is 0.429. The van der Waals surface area contributed by atoms with E-state index in [1.54, 1.807) is 6.92 Å². The highest BCUT2D eigenvalue weighted by molar-refractivity contribution is 6.00. The van der Waals surface area contributed by atoms with Crippen molar-refractivity contribution in [2.24, 2.45) is 0 Å². The summed E-state index contributed by atoms with van der Waals surface area (Å²) in [7, 11) is 0. The monoisotopic (exact) mass is 142 g/mol. The van der Waals surface area contributed by atoms with Gasteiger partial charge in [-0.3, -0.25) is 9.59 Å². The summed E-state index contributed by atoms with van der Waals surface area (Å²) in [6, 6.07) is 0. The molecule has 0 rings (SSSR count). The fourth-order valence-corrected chi connectivity index (χ4v) is 0.454. The first-order valence-electron chi connectivity index (χ1n) is 3.02. The van der Waals surface area contributed by atoms with Gasteiger partial charge >= 0.3 is 0 Å². The summed E-state index contributed by atoms with van der Waals surface area (Å²) in [5, 5.41) is 8.78. The molecule has 3 nitrogen and oxygen atoms in total. The van der Waals surface area contributed by atoms with Gasteiger partial charge in [0.05, 0.1) is 0 Å². The maximum absolute atomic E-state index is 10.6. The Labute approximate surface area is 59.4 Å². The third-order valence-corrected chi connectivity index (χ3v) is 0.947. The minimum absolute atomic E-state index is 0.218. The first-order valence-corrected chi connectivity index (χ1v) is 3.02. The van der Waals surface area contributed by atoms with E-state index in [0.717, 1.165) is 6.08 Å². The van der Waals surface area contributed by atoms with Gasteiger partial charge in [0, 0.05) is 12.5 Å². The first kappa shape index (κ1) is 8.88. The van der Waals surface area contributed by atoms with Crippen LogP contribution in [0.15, 0.2) is 11.8 Å². The number of carbonyl (C=O) groups is 2. The molecule has 0 aliphatic carbocycles. The van der Waals surface area contributed by atoms with Gasteiger partial charge < -0.3 is 5.11 Å². The van der Waals surface area contributed by atoms with Crippen molar-refractivity contribution in [3.8, 4) is 0 Å². The van der Waals surface area contributed by atoms with E-state index in [1.165, 1.54) is 6.92 Å². The van der Waals surface area contributed by atoms with Crippen molar-refractivity contribution in [2.75, 3.05) is 0 Å². The Hall–Kier alpha value is -1.12. The molecule has 0 aliphatic rings. The van der Waals surface area contributed by atoms with Gasteiger partial charge in [-0.05, 0) is 6.92 Å². The van der Waals surface area contributed by atoms with Crippen LogP contribution in [-0.2, 0) is 9.59 Å². The van der Waals surface area contributed by atoms with Crippen LogP contribution in [0.1, 0.15) is 20.3 Å². The Morgan fingerprint density at radius 2 is 2.00 bits per heavy atom. The molecule has 0 spiro atoms. The zero-order valence-electron chi connectivity index (χ0n) is 6.05. The average molecular weight is 142 g/mol. The predicted octanol–water partition coefficient (Wildman–Crippen LogP) is 0.996. The second-order valence-corrected chi connectivity index (χ2v) is 1.92. The normalized spacial score (nSPS) is 11.2. The lowest BCUT2D eigenvalue weighted by Gasteiger charge is -1.91. The summed E-state index contributed by atoms with van der Waals surface area (Å²) in [6.07, 6.45) is 1.14. The Morgan fingerprint density at radius 1 is 1.50 bits per heavy atom. The number of hydrogen-bond acceptors (Lipinski definition) is 3. The zero-order chi connectivity index (χ0) is 8.15. The van der Waals surface area contributed by atoms with E-state index in [1.807, 2.05) is 0 Å². The number of rotatable bonds is 3. The molecule has 0 amide bonds. The second-order valence-electron chi connectivity index (χ2n) is 1.92. The minimum atomic E-state index is -0.449. The molecule has 0 aromatic heterocycles. The molecule has 0 fully saturated rings. The molecule has 3 heteroatoms. The minimum Gasteiger partial charge on any atom is -0.504 e. The molecule has 10 heavy (non-hydrogen) atoms. The molecule has 0 saturated carbocycles. The van der Waals surface area contributed by atoms with Gasteiger partial charge in [-0.2, -0.15) is 0 Å². The number of allylic oxidation sites excluding steroid dienone is 2. The summed E-state index contributed by atoms with van der Waals surface area (Å²) >= 11 is 0. The SMILES string of the molecule is CCC(=O)C(O)=CC(C)=O. The van der Waals surface area contributed by atoms with Crippen LogP contribution in [0.5, 0.6) is 0 Å². The lowest BCUT2D eigenvalue weighted by atomic mass is 10.2. The lowest BCUT2D eigenvalue weighted by Crippen LogP contribution is -2.01. The van der Waals surface area contributed by atoms with E-state index in [2.05, 4.69) is 0 Å². The van der Waals surface area contributed by atoms with Gasteiger partial charge in [-0.1, -0.05) is 6.92 Å². The number of aliphatic hydroxyl groups excluding tert-OH is 1. The van der Waals surface area contributed by atoms with E-state index in [-0.39, 0.29) is 12.2 Å². The van der Waals surface area contributed by atoms with Gasteiger partial charge in [0.1, 0.15) is 0 Å². The largest absolute Gasteiger partial charge is 0.504 e. The van der Waals surface area contributed by atoms with Gasteiger partial charge in [-0.15, -0.1) is 0 Å². The van der Waals surface area contributed by atoms with Crippen LogP contribution >= 0.6 is 0 Å². The van der Waals surface area contributed by atoms with Crippen molar-refractivity contribution in [1.82, 2.24) is 0 Å². The summed E-state index contributed by atoms with van der Waals surface area (Å²) in [5.74, 6) is -1.18. The Bertz CT molecular complexity index is 179. The molecular formula is C7H10O3. The van der Waals surface area contributed by atoms with E-state index in [4.69, 9.17) is 5.11 Å². The van der Waals surface area contributed by atoms with Crippen LogP contribution in [0.25, 0.3) is 0 Å². The van der Waals surface area contributed by atoms with Gasteiger partial charge in [0.25, 0.3) is 0 Å².